The summed E-state index contributed by atoms with van der Waals surface area (Å²) in [6, 6.07) is 0. The van der Waals surface area contributed by atoms with E-state index in [1.54, 1.807) is 0 Å². The van der Waals surface area contributed by atoms with Gasteiger partial charge < -0.3 is 0 Å². The molecule has 0 saturated carbocycles. The van der Waals surface area contributed by atoms with Crippen molar-refractivity contribution in [3.05, 3.63) is 23.8 Å². The molecule has 0 heterocycles. The molecule has 0 heteroatoms. The van der Waals surface area contributed by atoms with Crippen LogP contribution in [0.5, 0.6) is 0 Å². The maximum atomic E-state index is 4.06. The number of hydrogen-bond acceptors (Lipinski definition) is 0. The molecule has 0 aliphatic carbocycles. The van der Waals surface area contributed by atoms with E-state index in [9.17, 15) is 0 Å². The normalized spacial score (nSPS) is 10.1. The third kappa shape index (κ3) is 7.59. The second-order valence-electron chi connectivity index (χ2n) is 4.17. The van der Waals surface area contributed by atoms with Crippen molar-refractivity contribution in [3.63, 3.8) is 0 Å². The fourth-order valence-corrected chi connectivity index (χ4v) is 1.24. The van der Waals surface area contributed by atoms with Gasteiger partial charge in [0.1, 0.15) is 0 Å². The van der Waals surface area contributed by atoms with Gasteiger partial charge in [-0.25, -0.2) is 0 Å². The first-order valence-electron chi connectivity index (χ1n) is 4.82. The zero-order valence-corrected chi connectivity index (χ0v) is 8.98. The molecule has 0 saturated heterocycles. The number of allylic oxidation sites excluding steroid dienone is 3. The maximum Gasteiger partial charge on any atom is -0.0288 e. The Bertz CT molecular complexity index is 157. The fourth-order valence-electron chi connectivity index (χ4n) is 1.24. The van der Waals surface area contributed by atoms with Gasteiger partial charge in [0, 0.05) is 0 Å². The van der Waals surface area contributed by atoms with Crippen molar-refractivity contribution < 1.29 is 0 Å². The average molecular weight is 166 g/mol. The van der Waals surface area contributed by atoms with Crippen LogP contribution in [0.2, 0.25) is 0 Å². The van der Waals surface area contributed by atoms with Crippen molar-refractivity contribution in [2.45, 2.75) is 47.0 Å². The molecular formula is C12H22. The SMILES string of the molecule is C=C(CCC=C(C)C)CC(C)C. The molecule has 0 fully saturated rings. The zero-order valence-electron chi connectivity index (χ0n) is 8.98. The summed E-state index contributed by atoms with van der Waals surface area (Å²) in [6.45, 7) is 12.8. The van der Waals surface area contributed by atoms with Gasteiger partial charge in [-0.05, 0) is 39.0 Å². The van der Waals surface area contributed by atoms with Crippen LogP contribution < -0.4 is 0 Å². The summed E-state index contributed by atoms with van der Waals surface area (Å²) in [5.74, 6) is 0.754. The standard InChI is InChI=1S/C12H22/c1-10(2)7-6-8-12(5)9-11(3)4/h7,11H,5-6,8-9H2,1-4H3. The third-order valence-corrected chi connectivity index (χ3v) is 1.75. The lowest BCUT2D eigenvalue weighted by molar-refractivity contribution is 0.627. The smallest absolute Gasteiger partial charge is 0.0288 e. The molecule has 0 bridgehead atoms. The quantitative estimate of drug-likeness (QED) is 0.533. The van der Waals surface area contributed by atoms with Crippen LogP contribution in [0.25, 0.3) is 0 Å². The Kier molecular flexibility index (Phi) is 5.79. The van der Waals surface area contributed by atoms with E-state index in [4.69, 9.17) is 0 Å². The monoisotopic (exact) mass is 166 g/mol. The van der Waals surface area contributed by atoms with E-state index in [2.05, 4.69) is 40.3 Å². The Labute approximate surface area is 77.4 Å². The van der Waals surface area contributed by atoms with Crippen molar-refractivity contribution in [1.82, 2.24) is 0 Å². The van der Waals surface area contributed by atoms with E-state index in [1.165, 1.54) is 17.6 Å². The van der Waals surface area contributed by atoms with Gasteiger partial charge >= 0.3 is 0 Å². The Morgan fingerprint density at radius 2 is 1.92 bits per heavy atom. The summed E-state index contributed by atoms with van der Waals surface area (Å²) in [4.78, 5) is 0. The van der Waals surface area contributed by atoms with E-state index in [0.717, 1.165) is 18.8 Å². The van der Waals surface area contributed by atoms with Gasteiger partial charge in [0.15, 0.2) is 0 Å². The van der Waals surface area contributed by atoms with Crippen LogP contribution in [0.4, 0.5) is 0 Å². The predicted molar refractivity (Wildman–Crippen MR) is 57.3 cm³/mol. The number of hydrogen-bond donors (Lipinski definition) is 0. The van der Waals surface area contributed by atoms with Crippen LogP contribution in [-0.2, 0) is 0 Å². The largest absolute Gasteiger partial charge is 0.0998 e. The van der Waals surface area contributed by atoms with Crippen molar-refractivity contribution in [3.8, 4) is 0 Å². The predicted octanol–water partition coefficient (Wildman–Crippen LogP) is 4.34. The molecule has 0 aromatic rings. The lowest BCUT2D eigenvalue weighted by Crippen LogP contribution is -1.89. The average Bonchev–Trinajstić information content (AvgIpc) is 1.84. The summed E-state index contributed by atoms with van der Waals surface area (Å²) >= 11 is 0. The molecule has 12 heavy (non-hydrogen) atoms. The summed E-state index contributed by atoms with van der Waals surface area (Å²) in [7, 11) is 0. The first kappa shape index (κ1) is 11.5. The van der Waals surface area contributed by atoms with Crippen LogP contribution in [0.3, 0.4) is 0 Å². The molecule has 0 atom stereocenters. The highest BCUT2D eigenvalue weighted by Gasteiger charge is 1.97. The molecule has 0 spiro atoms. The van der Waals surface area contributed by atoms with Crippen molar-refractivity contribution in [2.24, 2.45) is 5.92 Å². The van der Waals surface area contributed by atoms with Gasteiger partial charge in [-0.15, -0.1) is 0 Å². The summed E-state index contributed by atoms with van der Waals surface area (Å²) in [5, 5.41) is 0. The maximum absolute atomic E-state index is 4.06. The van der Waals surface area contributed by atoms with Crippen LogP contribution in [0.1, 0.15) is 47.0 Å². The van der Waals surface area contributed by atoms with Crippen LogP contribution in [0.15, 0.2) is 23.8 Å². The molecule has 70 valence electrons. The summed E-state index contributed by atoms with van der Waals surface area (Å²) < 4.78 is 0. The van der Waals surface area contributed by atoms with Crippen LogP contribution in [0, 0.1) is 5.92 Å². The Morgan fingerprint density at radius 3 is 2.33 bits per heavy atom. The molecule has 0 aromatic heterocycles. The van der Waals surface area contributed by atoms with Gasteiger partial charge in [-0.1, -0.05) is 37.6 Å². The van der Waals surface area contributed by atoms with E-state index < -0.39 is 0 Å². The minimum Gasteiger partial charge on any atom is -0.0998 e. The molecule has 0 amide bonds. The first-order chi connectivity index (χ1) is 5.52. The molecule has 0 aliphatic heterocycles. The van der Waals surface area contributed by atoms with Gasteiger partial charge in [-0.3, -0.25) is 0 Å². The Morgan fingerprint density at radius 1 is 1.33 bits per heavy atom. The molecule has 0 nitrogen and oxygen atoms in total. The second kappa shape index (κ2) is 6.05. The highest BCUT2D eigenvalue weighted by molar-refractivity contribution is 5.00. The van der Waals surface area contributed by atoms with Gasteiger partial charge in [-0.2, -0.15) is 0 Å². The lowest BCUT2D eigenvalue weighted by Gasteiger charge is -2.06. The summed E-state index contributed by atoms with van der Waals surface area (Å²) in [6.07, 6.45) is 5.78. The highest BCUT2D eigenvalue weighted by atomic mass is 14.0. The molecule has 0 rings (SSSR count). The third-order valence-electron chi connectivity index (χ3n) is 1.75. The first-order valence-corrected chi connectivity index (χ1v) is 4.82. The summed E-state index contributed by atoms with van der Waals surface area (Å²) in [5.41, 5.74) is 2.80. The van der Waals surface area contributed by atoms with E-state index in [1.807, 2.05) is 0 Å². The minimum absolute atomic E-state index is 0.754. The van der Waals surface area contributed by atoms with E-state index >= 15 is 0 Å². The van der Waals surface area contributed by atoms with Crippen molar-refractivity contribution in [2.75, 3.05) is 0 Å². The van der Waals surface area contributed by atoms with Crippen molar-refractivity contribution in [1.29, 1.82) is 0 Å². The Hall–Kier alpha value is -0.520. The van der Waals surface area contributed by atoms with Gasteiger partial charge in [0.25, 0.3) is 0 Å². The van der Waals surface area contributed by atoms with Gasteiger partial charge in [0.05, 0.1) is 0 Å². The molecule has 0 N–H and O–H groups in total. The topological polar surface area (TPSA) is 0 Å². The van der Waals surface area contributed by atoms with E-state index in [-0.39, 0.29) is 0 Å². The minimum atomic E-state index is 0.754. The fraction of sp³-hybridized carbons (Fsp3) is 0.667. The highest BCUT2D eigenvalue weighted by Crippen LogP contribution is 2.14. The molecule has 0 aromatic carbocycles. The number of rotatable bonds is 5. The van der Waals surface area contributed by atoms with Crippen molar-refractivity contribution >= 4 is 0 Å². The van der Waals surface area contributed by atoms with Crippen LogP contribution in [-0.4, -0.2) is 0 Å². The molecule has 0 aliphatic rings. The van der Waals surface area contributed by atoms with Crippen LogP contribution >= 0.6 is 0 Å². The second-order valence-corrected chi connectivity index (χ2v) is 4.17. The molecule has 0 unspecified atom stereocenters. The molecular weight excluding hydrogens is 144 g/mol. The molecule has 0 radical (unpaired) electrons. The van der Waals surface area contributed by atoms with E-state index in [0.29, 0.717) is 0 Å². The lowest BCUT2D eigenvalue weighted by atomic mass is 10.0. The Balaban J connectivity index is 3.51. The van der Waals surface area contributed by atoms with Gasteiger partial charge in [0.2, 0.25) is 0 Å². The zero-order chi connectivity index (χ0) is 9.56.